The highest BCUT2D eigenvalue weighted by atomic mass is 32.2. The van der Waals surface area contributed by atoms with Crippen LogP contribution in [0.25, 0.3) is 0 Å². The number of hydrogen-bond donors (Lipinski definition) is 0. The van der Waals surface area contributed by atoms with E-state index in [2.05, 4.69) is 30.5 Å². The summed E-state index contributed by atoms with van der Waals surface area (Å²) in [4.78, 5) is 38.4. The molecule has 1 aromatic carbocycles. The van der Waals surface area contributed by atoms with Gasteiger partial charge in [0, 0.05) is 30.1 Å². The monoisotopic (exact) mass is 464 g/mol. The van der Waals surface area contributed by atoms with Crippen molar-refractivity contribution in [1.29, 1.82) is 0 Å². The number of ether oxygens (including phenoxy) is 1. The van der Waals surface area contributed by atoms with E-state index in [1.165, 1.54) is 34.1 Å². The SMILES string of the molecule is CSc1ccc([C@H]2C[C@H]3[C@@H](CC[C@]3(OC(C)=O)C(C)=O)[C@@H]3CCC4=CC(=O)CCC4=C32)cc1. The van der Waals surface area contributed by atoms with E-state index in [1.807, 2.05) is 6.08 Å². The fourth-order valence-corrected chi connectivity index (χ4v) is 7.71. The lowest BCUT2D eigenvalue weighted by atomic mass is 9.56. The zero-order valence-corrected chi connectivity index (χ0v) is 20.5. The van der Waals surface area contributed by atoms with Crippen molar-refractivity contribution < 1.29 is 19.1 Å². The number of benzene rings is 1. The molecule has 0 unspecified atom stereocenters. The van der Waals surface area contributed by atoms with Gasteiger partial charge in [-0.05, 0) is 98.5 Å². The third kappa shape index (κ3) is 3.73. The molecule has 5 heteroatoms. The van der Waals surface area contributed by atoms with E-state index in [0.717, 1.165) is 32.1 Å². The summed E-state index contributed by atoms with van der Waals surface area (Å²) in [6.45, 7) is 3.01. The summed E-state index contributed by atoms with van der Waals surface area (Å²) in [7, 11) is 0. The molecule has 174 valence electrons. The average Bonchev–Trinajstić information content (AvgIpc) is 3.17. The number of allylic oxidation sites excluding steroid dienone is 4. The van der Waals surface area contributed by atoms with E-state index in [9.17, 15) is 14.4 Å². The third-order valence-electron chi connectivity index (χ3n) is 8.60. The Morgan fingerprint density at radius 1 is 1.06 bits per heavy atom. The molecular weight excluding hydrogens is 432 g/mol. The molecule has 0 aliphatic heterocycles. The second-order valence-electron chi connectivity index (χ2n) is 10.1. The van der Waals surface area contributed by atoms with Gasteiger partial charge in [-0.3, -0.25) is 14.4 Å². The summed E-state index contributed by atoms with van der Waals surface area (Å²) < 4.78 is 5.89. The lowest BCUT2D eigenvalue weighted by Crippen LogP contribution is -2.50. The Kier molecular flexibility index (Phi) is 5.88. The molecule has 5 atom stereocenters. The van der Waals surface area contributed by atoms with E-state index in [0.29, 0.717) is 24.7 Å². The second-order valence-corrected chi connectivity index (χ2v) is 11.0. The van der Waals surface area contributed by atoms with Crippen molar-refractivity contribution in [2.75, 3.05) is 6.26 Å². The number of Topliss-reactive ketones (excluding diaryl/α,β-unsaturated/α-hetero) is 1. The number of carbonyl (C=O) groups is 3. The van der Waals surface area contributed by atoms with Crippen LogP contribution >= 0.6 is 11.8 Å². The summed E-state index contributed by atoms with van der Waals surface area (Å²) in [6.07, 6.45) is 9.66. The first kappa shape index (κ1) is 22.6. The number of fused-ring (bicyclic) bond motifs is 4. The molecule has 2 fully saturated rings. The Balaban J connectivity index is 1.64. The maximum absolute atomic E-state index is 13.0. The molecule has 0 bridgehead atoms. The fraction of sp³-hybridized carbons (Fsp3) is 0.536. The highest BCUT2D eigenvalue weighted by Crippen LogP contribution is 2.62. The highest BCUT2D eigenvalue weighted by molar-refractivity contribution is 7.98. The maximum Gasteiger partial charge on any atom is 0.303 e. The van der Waals surface area contributed by atoms with Gasteiger partial charge in [-0.15, -0.1) is 11.8 Å². The highest BCUT2D eigenvalue weighted by Gasteiger charge is 2.60. The van der Waals surface area contributed by atoms with Gasteiger partial charge in [0.25, 0.3) is 0 Å². The van der Waals surface area contributed by atoms with Crippen LogP contribution in [0.4, 0.5) is 0 Å². The Labute approximate surface area is 200 Å². The van der Waals surface area contributed by atoms with E-state index in [-0.39, 0.29) is 29.4 Å². The van der Waals surface area contributed by atoms with Crippen molar-refractivity contribution in [2.45, 2.75) is 75.2 Å². The first-order valence-corrected chi connectivity index (χ1v) is 13.4. The fourth-order valence-electron chi connectivity index (χ4n) is 7.30. The quantitative estimate of drug-likeness (QED) is 0.416. The van der Waals surface area contributed by atoms with Gasteiger partial charge in [-0.2, -0.15) is 0 Å². The molecule has 5 rings (SSSR count). The Morgan fingerprint density at radius 2 is 1.82 bits per heavy atom. The van der Waals surface area contributed by atoms with Crippen LogP contribution in [0.5, 0.6) is 0 Å². The molecule has 0 amide bonds. The van der Waals surface area contributed by atoms with E-state index >= 15 is 0 Å². The summed E-state index contributed by atoms with van der Waals surface area (Å²) in [6, 6.07) is 8.80. The maximum atomic E-state index is 13.0. The van der Waals surface area contributed by atoms with Crippen LogP contribution < -0.4 is 0 Å². The Morgan fingerprint density at radius 3 is 2.48 bits per heavy atom. The number of hydrogen-bond acceptors (Lipinski definition) is 5. The molecule has 0 saturated heterocycles. The Hall–Kier alpha value is -2.14. The number of ketones is 2. The minimum atomic E-state index is -0.997. The van der Waals surface area contributed by atoms with Crippen LogP contribution in [0.2, 0.25) is 0 Å². The standard InChI is InChI=1S/C28H32O4S/c1-16(29)28(32-17(2)30)13-12-23-24-10-6-19-14-20(31)7-11-22(19)27(24)25(15-26(23)28)18-4-8-21(33-3)9-5-18/h4-5,8-9,14,23-26H,6-7,10-13,15H2,1-3H3/t23-,24-,25+,26-,28-/m0/s1. The molecule has 0 aromatic heterocycles. The smallest absolute Gasteiger partial charge is 0.303 e. The summed E-state index contributed by atoms with van der Waals surface area (Å²) in [5.41, 5.74) is 4.40. The van der Waals surface area contributed by atoms with Crippen LogP contribution in [0, 0.1) is 17.8 Å². The van der Waals surface area contributed by atoms with Crippen LogP contribution in [0.1, 0.15) is 70.3 Å². The lowest BCUT2D eigenvalue weighted by Gasteiger charge is -2.49. The predicted octanol–water partition coefficient (Wildman–Crippen LogP) is 5.81. The molecule has 4 aliphatic rings. The molecule has 0 N–H and O–H groups in total. The molecule has 0 heterocycles. The normalized spacial score (nSPS) is 33.1. The molecule has 0 spiro atoms. The summed E-state index contributed by atoms with van der Waals surface area (Å²) in [5.74, 6) is 0.810. The van der Waals surface area contributed by atoms with Crippen molar-refractivity contribution in [3.8, 4) is 0 Å². The largest absolute Gasteiger partial charge is 0.451 e. The summed E-state index contributed by atoms with van der Waals surface area (Å²) >= 11 is 1.73. The van der Waals surface area contributed by atoms with Gasteiger partial charge < -0.3 is 4.74 Å². The first-order chi connectivity index (χ1) is 15.8. The topological polar surface area (TPSA) is 60.4 Å². The number of carbonyl (C=O) groups excluding carboxylic acids is 3. The van der Waals surface area contributed by atoms with Crippen LogP contribution in [-0.2, 0) is 19.1 Å². The zero-order chi connectivity index (χ0) is 23.3. The van der Waals surface area contributed by atoms with Gasteiger partial charge in [-0.1, -0.05) is 17.7 Å². The van der Waals surface area contributed by atoms with Gasteiger partial charge in [-0.25, -0.2) is 0 Å². The van der Waals surface area contributed by atoms with E-state index in [1.54, 1.807) is 18.7 Å². The molecule has 33 heavy (non-hydrogen) atoms. The van der Waals surface area contributed by atoms with Gasteiger partial charge in [0.2, 0.25) is 0 Å². The van der Waals surface area contributed by atoms with Crippen molar-refractivity contribution in [3.63, 3.8) is 0 Å². The average molecular weight is 465 g/mol. The molecule has 4 aliphatic carbocycles. The van der Waals surface area contributed by atoms with Gasteiger partial charge in [0.15, 0.2) is 17.2 Å². The summed E-state index contributed by atoms with van der Waals surface area (Å²) in [5, 5.41) is 0. The van der Waals surface area contributed by atoms with Crippen molar-refractivity contribution in [3.05, 3.63) is 52.6 Å². The van der Waals surface area contributed by atoms with Crippen LogP contribution in [0.15, 0.2) is 52.0 Å². The number of thioether (sulfide) groups is 1. The zero-order valence-electron chi connectivity index (χ0n) is 19.7. The van der Waals surface area contributed by atoms with Crippen molar-refractivity contribution >= 4 is 29.3 Å². The van der Waals surface area contributed by atoms with E-state index in [4.69, 9.17) is 4.74 Å². The van der Waals surface area contributed by atoms with Gasteiger partial charge in [0.1, 0.15) is 0 Å². The predicted molar refractivity (Wildman–Crippen MR) is 129 cm³/mol. The number of rotatable bonds is 4. The minimum Gasteiger partial charge on any atom is -0.451 e. The van der Waals surface area contributed by atoms with Crippen LogP contribution in [-0.4, -0.2) is 29.4 Å². The van der Waals surface area contributed by atoms with E-state index < -0.39 is 5.60 Å². The molecule has 4 nitrogen and oxygen atoms in total. The first-order valence-electron chi connectivity index (χ1n) is 12.2. The second kappa shape index (κ2) is 8.57. The molecule has 2 saturated carbocycles. The van der Waals surface area contributed by atoms with Gasteiger partial charge in [0.05, 0.1) is 0 Å². The number of esters is 1. The molecular formula is C28H32O4S. The van der Waals surface area contributed by atoms with Crippen molar-refractivity contribution in [2.24, 2.45) is 17.8 Å². The lowest BCUT2D eigenvalue weighted by molar-refractivity contribution is -0.171. The van der Waals surface area contributed by atoms with Crippen LogP contribution in [0.3, 0.4) is 0 Å². The Bertz CT molecular complexity index is 1070. The molecule has 0 radical (unpaired) electrons. The van der Waals surface area contributed by atoms with Crippen molar-refractivity contribution in [1.82, 2.24) is 0 Å². The van der Waals surface area contributed by atoms with Gasteiger partial charge >= 0.3 is 5.97 Å². The minimum absolute atomic E-state index is 0.0163. The third-order valence-corrected chi connectivity index (χ3v) is 9.35. The molecule has 1 aromatic rings.